The largest absolute Gasteiger partial charge is 0.493 e. The van der Waals surface area contributed by atoms with E-state index in [1.807, 2.05) is 67.6 Å². The first-order chi connectivity index (χ1) is 20.1. The van der Waals surface area contributed by atoms with E-state index in [4.69, 9.17) is 9.84 Å². The Hall–Kier alpha value is -3.88. The van der Waals surface area contributed by atoms with Crippen molar-refractivity contribution >= 4 is 18.4 Å². The predicted molar refractivity (Wildman–Crippen MR) is 161 cm³/mol. The maximum atomic E-state index is 14.0. The number of ether oxygens (including phenoxy) is 1. The molecule has 228 valence electrons. The third kappa shape index (κ3) is 10.1. The molecule has 4 aromatic carbocycles. The molecule has 0 saturated heterocycles. The zero-order valence-corrected chi connectivity index (χ0v) is 24.5. The molecule has 1 atom stereocenters. The molecule has 4 rings (SSSR count). The molecule has 9 heteroatoms. The van der Waals surface area contributed by atoms with Crippen LogP contribution in [0.1, 0.15) is 40.7 Å². The van der Waals surface area contributed by atoms with Gasteiger partial charge in [0.1, 0.15) is 11.6 Å². The zero-order chi connectivity index (χ0) is 30.1. The lowest BCUT2D eigenvalue weighted by Crippen LogP contribution is -2.34. The number of carboxylic acids is 1. The molecule has 0 heterocycles. The van der Waals surface area contributed by atoms with Gasteiger partial charge in [-0.3, -0.25) is 9.69 Å². The van der Waals surface area contributed by atoms with Crippen molar-refractivity contribution in [3.63, 3.8) is 0 Å². The minimum absolute atomic E-state index is 0. The summed E-state index contributed by atoms with van der Waals surface area (Å²) in [6.07, 6.45) is -4.91. The van der Waals surface area contributed by atoms with E-state index in [-0.39, 0.29) is 37.2 Å². The average Bonchev–Trinajstić information content (AvgIpc) is 2.96. The maximum absolute atomic E-state index is 14.0. The molecular formula is C34H34ClF4NO3. The number of hydrogen-bond acceptors (Lipinski definition) is 3. The van der Waals surface area contributed by atoms with Crippen LogP contribution in [-0.4, -0.2) is 35.7 Å². The molecule has 0 aromatic heterocycles. The van der Waals surface area contributed by atoms with Crippen molar-refractivity contribution in [2.24, 2.45) is 5.92 Å². The van der Waals surface area contributed by atoms with Crippen LogP contribution in [0.5, 0.6) is 5.75 Å². The molecule has 0 amide bonds. The number of alkyl halides is 3. The van der Waals surface area contributed by atoms with Gasteiger partial charge in [0.05, 0.1) is 18.6 Å². The minimum atomic E-state index is -4.79. The lowest BCUT2D eigenvalue weighted by molar-refractivity contribution is -0.140. The Kier molecular flexibility index (Phi) is 12.2. The molecule has 43 heavy (non-hydrogen) atoms. The van der Waals surface area contributed by atoms with Crippen molar-refractivity contribution in [1.82, 2.24) is 4.90 Å². The molecule has 1 unspecified atom stereocenters. The summed E-state index contributed by atoms with van der Waals surface area (Å²) in [5.41, 5.74) is 1.85. The molecule has 0 fully saturated rings. The van der Waals surface area contributed by atoms with Crippen molar-refractivity contribution < 1.29 is 32.2 Å². The van der Waals surface area contributed by atoms with E-state index in [2.05, 4.69) is 4.90 Å². The van der Waals surface area contributed by atoms with Crippen LogP contribution in [0, 0.1) is 11.7 Å². The lowest BCUT2D eigenvalue weighted by atomic mass is 9.90. The van der Waals surface area contributed by atoms with Gasteiger partial charge in [0.2, 0.25) is 0 Å². The van der Waals surface area contributed by atoms with Crippen LogP contribution in [0.2, 0.25) is 0 Å². The van der Waals surface area contributed by atoms with E-state index in [9.17, 15) is 22.4 Å². The first kappa shape index (κ1) is 33.6. The molecule has 0 radical (unpaired) electrons. The fraction of sp³-hybridized carbons (Fsp3) is 0.265. The second kappa shape index (κ2) is 15.5. The maximum Gasteiger partial charge on any atom is 0.419 e. The Morgan fingerprint density at radius 1 is 0.837 bits per heavy atom. The first-order valence-electron chi connectivity index (χ1n) is 13.7. The fourth-order valence-electron chi connectivity index (χ4n) is 5.03. The number of rotatable bonds is 13. The van der Waals surface area contributed by atoms with Gasteiger partial charge in [-0.15, -0.1) is 12.4 Å². The molecule has 0 spiro atoms. The highest BCUT2D eigenvalue weighted by Gasteiger charge is 2.34. The molecular weight excluding hydrogens is 582 g/mol. The number of aliphatic carboxylic acids is 1. The van der Waals surface area contributed by atoms with E-state index in [1.165, 1.54) is 6.07 Å². The number of carbonyl (C=O) groups is 1. The van der Waals surface area contributed by atoms with Gasteiger partial charge in [0.15, 0.2) is 0 Å². The average molecular weight is 616 g/mol. The van der Waals surface area contributed by atoms with Crippen molar-refractivity contribution in [3.05, 3.63) is 137 Å². The third-order valence-electron chi connectivity index (χ3n) is 6.95. The van der Waals surface area contributed by atoms with E-state index >= 15 is 0 Å². The van der Waals surface area contributed by atoms with Crippen molar-refractivity contribution in [1.29, 1.82) is 0 Å². The monoisotopic (exact) mass is 615 g/mol. The number of carboxylic acid groups (broad SMARTS) is 1. The van der Waals surface area contributed by atoms with Crippen LogP contribution in [0.15, 0.2) is 103 Å². The molecule has 0 bridgehead atoms. The highest BCUT2D eigenvalue weighted by atomic mass is 35.5. The van der Waals surface area contributed by atoms with Crippen molar-refractivity contribution in [2.75, 3.05) is 19.7 Å². The summed E-state index contributed by atoms with van der Waals surface area (Å²) < 4.78 is 60.5. The van der Waals surface area contributed by atoms with Gasteiger partial charge >= 0.3 is 12.1 Å². The smallest absolute Gasteiger partial charge is 0.419 e. The van der Waals surface area contributed by atoms with E-state index in [0.29, 0.717) is 36.6 Å². The summed E-state index contributed by atoms with van der Waals surface area (Å²) >= 11 is 0. The molecule has 0 aliphatic rings. The van der Waals surface area contributed by atoms with Gasteiger partial charge < -0.3 is 9.84 Å². The van der Waals surface area contributed by atoms with Gasteiger partial charge in [-0.2, -0.15) is 13.2 Å². The summed E-state index contributed by atoms with van der Waals surface area (Å²) in [5, 5.41) is 9.08. The summed E-state index contributed by atoms with van der Waals surface area (Å²) in [5.74, 6) is -1.78. The van der Waals surface area contributed by atoms with E-state index in [1.54, 1.807) is 24.3 Å². The quantitative estimate of drug-likeness (QED) is 0.154. The summed E-state index contributed by atoms with van der Waals surface area (Å²) in [7, 11) is 0. The summed E-state index contributed by atoms with van der Waals surface area (Å²) in [6.45, 7) is 3.47. The molecule has 0 aliphatic heterocycles. The van der Waals surface area contributed by atoms with Crippen LogP contribution in [-0.2, 0) is 23.9 Å². The van der Waals surface area contributed by atoms with Crippen LogP contribution in [0.4, 0.5) is 17.6 Å². The van der Waals surface area contributed by atoms with Crippen molar-refractivity contribution in [2.45, 2.75) is 32.0 Å². The van der Waals surface area contributed by atoms with Crippen molar-refractivity contribution in [3.8, 4) is 5.75 Å². The normalized spacial score (nSPS) is 12.2. The molecule has 0 aliphatic carbocycles. The van der Waals surface area contributed by atoms with Crippen LogP contribution >= 0.6 is 12.4 Å². The first-order valence-corrected chi connectivity index (χ1v) is 13.7. The molecule has 1 N–H and O–H groups in total. The number of nitrogens with zero attached hydrogens (tertiary/aromatic N) is 1. The van der Waals surface area contributed by atoms with Crippen LogP contribution in [0.3, 0.4) is 0 Å². The second-order valence-electron chi connectivity index (χ2n) is 10.5. The Morgan fingerprint density at radius 2 is 1.47 bits per heavy atom. The number of benzene rings is 4. The third-order valence-corrected chi connectivity index (χ3v) is 6.95. The summed E-state index contributed by atoms with van der Waals surface area (Å²) in [4.78, 5) is 13.2. The minimum Gasteiger partial charge on any atom is -0.493 e. The fourth-order valence-corrected chi connectivity index (χ4v) is 5.03. The van der Waals surface area contributed by atoms with E-state index < -0.39 is 23.5 Å². The number of halogens is 5. The standard InChI is InChI=1S/C34H33F4NO3.ClH/c1-24(23-42-29-14-8-9-25(17-29)19-33(40)41)20-39(21-26-15-16-32(35)31(18-26)34(36,37)38)22-30(27-10-4-2-5-11-27)28-12-6-3-7-13-28;/h2-18,24,30H,19-23H2,1H3,(H,40,41);1H. The Morgan fingerprint density at radius 3 is 2.05 bits per heavy atom. The topological polar surface area (TPSA) is 49.8 Å². The zero-order valence-electron chi connectivity index (χ0n) is 23.6. The van der Waals surface area contributed by atoms with Crippen LogP contribution < -0.4 is 4.74 Å². The van der Waals surface area contributed by atoms with Gasteiger partial charge in [0.25, 0.3) is 0 Å². The van der Waals surface area contributed by atoms with E-state index in [0.717, 1.165) is 23.3 Å². The number of hydrogen-bond donors (Lipinski definition) is 1. The van der Waals surface area contributed by atoms with Gasteiger partial charge in [-0.25, -0.2) is 4.39 Å². The Labute approximate surface area is 255 Å². The van der Waals surface area contributed by atoms with Gasteiger partial charge in [-0.05, 0) is 46.5 Å². The Bertz CT molecular complexity index is 1410. The summed E-state index contributed by atoms with van der Waals surface area (Å²) in [6, 6.07) is 29.9. The molecule has 0 saturated carbocycles. The lowest BCUT2D eigenvalue weighted by Gasteiger charge is -2.31. The highest BCUT2D eigenvalue weighted by molar-refractivity contribution is 5.85. The predicted octanol–water partition coefficient (Wildman–Crippen LogP) is 8.24. The molecule has 4 aromatic rings. The Balaban J connectivity index is 0.00000506. The van der Waals surface area contributed by atoms with Gasteiger partial charge in [0, 0.05) is 31.5 Å². The molecule has 4 nitrogen and oxygen atoms in total. The van der Waals surface area contributed by atoms with Crippen LogP contribution in [0.25, 0.3) is 0 Å². The highest BCUT2D eigenvalue weighted by Crippen LogP contribution is 2.33. The second-order valence-corrected chi connectivity index (χ2v) is 10.5. The SMILES string of the molecule is CC(COc1cccc(CC(=O)O)c1)CN(Cc1ccc(F)c(C(F)(F)F)c1)CC(c1ccccc1)c1ccccc1.Cl. The van der Waals surface area contributed by atoms with Gasteiger partial charge in [-0.1, -0.05) is 85.8 Å².